The maximum atomic E-state index is 4.45. The molecule has 2 heteroatoms. The summed E-state index contributed by atoms with van der Waals surface area (Å²) in [4.78, 5) is 0. The number of hydrogen-bond donors (Lipinski definition) is 0. The summed E-state index contributed by atoms with van der Waals surface area (Å²) < 4.78 is 0. The summed E-state index contributed by atoms with van der Waals surface area (Å²) in [5.41, 5.74) is 0. The molecule has 0 spiro atoms. The molecule has 0 N–H and O–H groups in total. The van der Waals surface area contributed by atoms with Crippen LogP contribution in [-0.2, 0) is 0 Å². The molecule has 0 atom stereocenters. The fraction of sp³-hybridized carbons (Fsp3) is 1.00. The van der Waals surface area contributed by atoms with Gasteiger partial charge < -0.3 is 0 Å². The van der Waals surface area contributed by atoms with Crippen molar-refractivity contribution >= 4 is 25.1 Å². The Balaban J connectivity index is 0.000000112. The average Bonchev–Trinajstić information content (AvgIpc) is 1.36. The molecule has 6 heavy (non-hydrogen) atoms. The van der Waals surface area contributed by atoms with Gasteiger partial charge in [-0.25, -0.2) is 0 Å². The summed E-state index contributed by atoms with van der Waals surface area (Å²) >= 11 is 2.41. The van der Waals surface area contributed by atoms with E-state index in [2.05, 4.69) is 25.1 Å². The molecule has 1 aliphatic rings. The Labute approximate surface area is 51.2 Å². The second-order valence-corrected chi connectivity index (χ2v) is 1.41. The molecule has 0 bridgehead atoms. The van der Waals surface area contributed by atoms with Gasteiger partial charge in [0.1, 0.15) is 0 Å². The van der Waals surface area contributed by atoms with Crippen LogP contribution in [0.4, 0.5) is 0 Å². The maximum Gasteiger partial charge on any atom is 0.0341 e. The second-order valence-electron chi connectivity index (χ2n) is 1.41. The van der Waals surface area contributed by atoms with E-state index in [4.69, 9.17) is 0 Å². The molecule has 0 aliphatic heterocycles. The molecule has 38 valence electrons. The van der Waals surface area contributed by atoms with Crippen molar-refractivity contribution in [3.63, 3.8) is 0 Å². The minimum Gasteiger partial charge on any atom is -0.0533 e. The van der Waals surface area contributed by atoms with Crippen LogP contribution >= 0.6 is 25.1 Å². The van der Waals surface area contributed by atoms with Crippen molar-refractivity contribution in [2.45, 2.75) is 25.7 Å². The Bertz CT molecular complexity index is 15.5. The molecular weight excluding hydrogens is 163 g/mol. The zero-order valence-corrected chi connectivity index (χ0v) is 5.93. The average molecular weight is 171 g/mol. The van der Waals surface area contributed by atoms with Gasteiger partial charge in [0.2, 0.25) is 0 Å². The van der Waals surface area contributed by atoms with Crippen molar-refractivity contribution < 1.29 is 0 Å². The van der Waals surface area contributed by atoms with Crippen molar-refractivity contribution in [1.29, 1.82) is 0 Å². The summed E-state index contributed by atoms with van der Waals surface area (Å²) in [6, 6.07) is 0. The van der Waals surface area contributed by atoms with E-state index in [1.165, 1.54) is 25.7 Å². The SMILES string of the molecule is C1CCC1.ClBr. The minimum atomic E-state index is 1.50. The van der Waals surface area contributed by atoms with E-state index < -0.39 is 0 Å². The summed E-state index contributed by atoms with van der Waals surface area (Å²) in [5.74, 6) is 0. The van der Waals surface area contributed by atoms with E-state index in [1.807, 2.05) is 0 Å². The third-order valence-corrected chi connectivity index (χ3v) is 1.000. The van der Waals surface area contributed by atoms with Gasteiger partial charge in [0.15, 0.2) is 0 Å². The normalized spacial score (nSPS) is 17.0. The lowest BCUT2D eigenvalue weighted by atomic mass is 10.0. The van der Waals surface area contributed by atoms with Gasteiger partial charge in [-0.1, -0.05) is 25.7 Å². The van der Waals surface area contributed by atoms with E-state index in [-0.39, 0.29) is 0 Å². The van der Waals surface area contributed by atoms with E-state index in [9.17, 15) is 0 Å². The van der Waals surface area contributed by atoms with Crippen LogP contribution in [0, 0.1) is 0 Å². The molecule has 0 radical (unpaired) electrons. The molecule has 0 heterocycles. The third kappa shape index (κ3) is 2.98. The zero-order chi connectivity index (χ0) is 4.83. The van der Waals surface area contributed by atoms with Gasteiger partial charge in [0.25, 0.3) is 0 Å². The molecule has 0 aromatic carbocycles. The molecule has 1 saturated carbocycles. The van der Waals surface area contributed by atoms with Crippen LogP contribution in [0.2, 0.25) is 0 Å². The first kappa shape index (κ1) is 6.77. The first-order valence-corrected chi connectivity index (χ1v) is 4.23. The quantitative estimate of drug-likeness (QED) is 0.525. The van der Waals surface area contributed by atoms with Crippen LogP contribution in [0.25, 0.3) is 0 Å². The van der Waals surface area contributed by atoms with Gasteiger partial charge >= 0.3 is 0 Å². The molecule has 0 unspecified atom stereocenters. The van der Waals surface area contributed by atoms with Gasteiger partial charge in [-0.3, -0.25) is 0 Å². The molecule has 0 saturated heterocycles. The standard InChI is InChI=1S/C4H8.BrCl/c1-2-4-3-1;1-2/h1-4H2;. The van der Waals surface area contributed by atoms with Gasteiger partial charge in [0.05, 0.1) is 0 Å². The van der Waals surface area contributed by atoms with Crippen LogP contribution in [0.5, 0.6) is 0 Å². The van der Waals surface area contributed by atoms with Gasteiger partial charge in [-0.15, -0.1) is 0 Å². The van der Waals surface area contributed by atoms with E-state index in [1.54, 1.807) is 0 Å². The van der Waals surface area contributed by atoms with Gasteiger partial charge in [-0.05, 0) is 10.1 Å². The summed E-state index contributed by atoms with van der Waals surface area (Å²) in [7, 11) is 4.45. The molecular formula is C4H8BrCl. The maximum absolute atomic E-state index is 4.45. The van der Waals surface area contributed by atoms with Crippen LogP contribution in [0.3, 0.4) is 0 Å². The highest BCUT2D eigenvalue weighted by Crippen LogP contribution is 2.15. The summed E-state index contributed by atoms with van der Waals surface area (Å²) in [5, 5.41) is 0. The summed E-state index contributed by atoms with van der Waals surface area (Å²) in [6.45, 7) is 0. The molecule has 0 nitrogen and oxygen atoms in total. The lowest BCUT2D eigenvalue weighted by molar-refractivity contribution is 0.504. The summed E-state index contributed by atoms with van der Waals surface area (Å²) in [6.07, 6.45) is 6.00. The van der Waals surface area contributed by atoms with E-state index >= 15 is 0 Å². The lowest BCUT2D eigenvalue weighted by Crippen LogP contribution is -1.85. The lowest BCUT2D eigenvalue weighted by Gasteiger charge is -2.05. The Kier molecular flexibility index (Phi) is 6.51. The topological polar surface area (TPSA) is 0 Å². The molecule has 1 rings (SSSR count). The number of hydrogen-bond acceptors (Lipinski definition) is 0. The third-order valence-electron chi connectivity index (χ3n) is 1.000. The second kappa shape index (κ2) is 5.77. The molecule has 0 amide bonds. The first-order valence-electron chi connectivity index (χ1n) is 2.14. The Morgan fingerprint density at radius 1 is 0.833 bits per heavy atom. The highest BCUT2D eigenvalue weighted by Gasteiger charge is 1.95. The highest BCUT2D eigenvalue weighted by molar-refractivity contribution is 9.22. The largest absolute Gasteiger partial charge is 0.0533 e. The van der Waals surface area contributed by atoms with Crippen LogP contribution in [0.1, 0.15) is 25.7 Å². The number of rotatable bonds is 0. The van der Waals surface area contributed by atoms with Crippen molar-refractivity contribution in [2.24, 2.45) is 0 Å². The number of halogens is 2. The fourth-order valence-electron chi connectivity index (χ4n) is 0.250. The van der Waals surface area contributed by atoms with E-state index in [0.29, 0.717) is 0 Å². The van der Waals surface area contributed by atoms with Crippen molar-refractivity contribution in [3.8, 4) is 0 Å². The molecule has 0 aromatic heterocycles. The predicted molar refractivity (Wildman–Crippen MR) is 33.2 cm³/mol. The Morgan fingerprint density at radius 3 is 1.00 bits per heavy atom. The smallest absolute Gasteiger partial charge is 0.0341 e. The minimum absolute atomic E-state index is 1.50. The Morgan fingerprint density at radius 2 is 1.00 bits per heavy atom. The van der Waals surface area contributed by atoms with E-state index in [0.717, 1.165) is 0 Å². The fourth-order valence-corrected chi connectivity index (χ4v) is 0.250. The van der Waals surface area contributed by atoms with Gasteiger partial charge in [-0.2, -0.15) is 0 Å². The van der Waals surface area contributed by atoms with Gasteiger partial charge in [0, 0.05) is 15.0 Å². The molecule has 0 aromatic rings. The molecule has 1 fully saturated rings. The molecule has 1 aliphatic carbocycles. The zero-order valence-electron chi connectivity index (χ0n) is 3.58. The first-order chi connectivity index (χ1) is 3.00. The van der Waals surface area contributed by atoms with Crippen molar-refractivity contribution in [2.75, 3.05) is 0 Å². The Hall–Kier alpha value is 0.770. The predicted octanol–water partition coefficient (Wildman–Crippen LogP) is 3.10. The van der Waals surface area contributed by atoms with Crippen molar-refractivity contribution in [3.05, 3.63) is 0 Å². The highest BCUT2D eigenvalue weighted by atomic mass is 79.9. The van der Waals surface area contributed by atoms with Crippen LogP contribution < -0.4 is 0 Å². The monoisotopic (exact) mass is 170 g/mol. The van der Waals surface area contributed by atoms with Crippen LogP contribution in [0.15, 0.2) is 0 Å². The van der Waals surface area contributed by atoms with Crippen LogP contribution in [-0.4, -0.2) is 0 Å². The van der Waals surface area contributed by atoms with Crippen molar-refractivity contribution in [1.82, 2.24) is 0 Å².